The fraction of sp³-hybridized carbons (Fsp3) is 0.550. The number of benzene rings is 1. The van der Waals surface area contributed by atoms with Gasteiger partial charge in [0.25, 0.3) is 0 Å². The van der Waals surface area contributed by atoms with Crippen molar-refractivity contribution >= 4 is 17.0 Å². The number of hydrogen-bond donors (Lipinski definition) is 1. The number of likely N-dealkylation sites (tertiary alicyclic amines) is 1. The molecule has 0 spiro atoms. The first-order valence-electron chi connectivity index (χ1n) is 9.42. The Hall–Kier alpha value is -2.39. The van der Waals surface area contributed by atoms with Gasteiger partial charge in [-0.2, -0.15) is 5.26 Å². The maximum atomic E-state index is 11.4. The van der Waals surface area contributed by atoms with Gasteiger partial charge in [-0.25, -0.2) is 9.78 Å². The predicted molar refractivity (Wildman–Crippen MR) is 97.7 cm³/mol. The maximum Gasteiger partial charge on any atom is 0.335 e. The van der Waals surface area contributed by atoms with E-state index in [1.807, 2.05) is 0 Å². The first-order chi connectivity index (χ1) is 12.6. The third-order valence-electron chi connectivity index (χ3n) is 5.79. The molecule has 26 heavy (non-hydrogen) atoms. The molecule has 0 radical (unpaired) electrons. The van der Waals surface area contributed by atoms with Crippen LogP contribution < -0.4 is 0 Å². The SMILES string of the molecule is N#CCC1(Cn2c(CN3CCCCC3)nc3ccc(C(=O)O)cc32)CC1. The van der Waals surface area contributed by atoms with Crippen molar-refractivity contribution in [3.05, 3.63) is 29.6 Å². The maximum absolute atomic E-state index is 11.4. The fourth-order valence-electron chi connectivity index (χ4n) is 3.99. The highest BCUT2D eigenvalue weighted by Crippen LogP contribution is 2.50. The highest BCUT2D eigenvalue weighted by Gasteiger charge is 2.43. The lowest BCUT2D eigenvalue weighted by atomic mass is 10.0. The van der Waals surface area contributed by atoms with Gasteiger partial charge >= 0.3 is 5.97 Å². The molecule has 6 nitrogen and oxygen atoms in total. The summed E-state index contributed by atoms with van der Waals surface area (Å²) in [6.07, 6.45) is 6.40. The van der Waals surface area contributed by atoms with Crippen molar-refractivity contribution in [3.63, 3.8) is 0 Å². The Bertz CT molecular complexity index is 870. The number of nitrogens with zero attached hydrogens (tertiary/aromatic N) is 4. The van der Waals surface area contributed by atoms with E-state index in [1.165, 1.54) is 19.3 Å². The van der Waals surface area contributed by atoms with Crippen molar-refractivity contribution in [1.29, 1.82) is 5.26 Å². The van der Waals surface area contributed by atoms with Crippen LogP contribution in [0.3, 0.4) is 0 Å². The molecule has 2 heterocycles. The standard InChI is InChI=1S/C20H24N4O2/c21-9-8-20(6-7-20)14-24-17-12-15(19(25)26)4-5-16(17)22-18(24)13-23-10-2-1-3-11-23/h4-5,12H,1-3,6-8,10-11,13-14H2,(H,25,26). The third kappa shape index (κ3) is 3.32. The average Bonchev–Trinajstić information content (AvgIpc) is 3.32. The summed E-state index contributed by atoms with van der Waals surface area (Å²) in [5.74, 6) is 0.0732. The molecule has 1 aromatic heterocycles. The van der Waals surface area contributed by atoms with Crippen molar-refractivity contribution in [2.75, 3.05) is 13.1 Å². The third-order valence-corrected chi connectivity index (χ3v) is 5.79. The lowest BCUT2D eigenvalue weighted by molar-refractivity contribution is 0.0697. The Labute approximate surface area is 153 Å². The van der Waals surface area contributed by atoms with Crippen LogP contribution in [0, 0.1) is 16.7 Å². The van der Waals surface area contributed by atoms with E-state index >= 15 is 0 Å². The number of carboxylic acids is 1. The summed E-state index contributed by atoms with van der Waals surface area (Å²) < 4.78 is 2.18. The molecule has 0 amide bonds. The molecule has 2 aliphatic rings. The van der Waals surface area contributed by atoms with Gasteiger partial charge in [0, 0.05) is 18.4 Å². The van der Waals surface area contributed by atoms with Gasteiger partial charge in [-0.15, -0.1) is 0 Å². The minimum atomic E-state index is -0.921. The molecule has 1 saturated heterocycles. The lowest BCUT2D eigenvalue weighted by Crippen LogP contribution is -2.30. The normalized spacial score (nSPS) is 19.3. The Morgan fingerprint density at radius 2 is 2.04 bits per heavy atom. The van der Waals surface area contributed by atoms with Gasteiger partial charge in [-0.3, -0.25) is 4.90 Å². The first-order valence-corrected chi connectivity index (χ1v) is 9.42. The molecule has 1 N–H and O–H groups in total. The van der Waals surface area contributed by atoms with Crippen LogP contribution in [0.15, 0.2) is 18.2 Å². The molecule has 1 saturated carbocycles. The molecule has 0 unspecified atom stereocenters. The molecule has 6 heteroatoms. The number of imidazole rings is 1. The molecular formula is C20H24N4O2. The fourth-order valence-corrected chi connectivity index (χ4v) is 3.99. The Morgan fingerprint density at radius 3 is 2.69 bits per heavy atom. The van der Waals surface area contributed by atoms with Crippen LogP contribution in [-0.2, 0) is 13.1 Å². The zero-order valence-corrected chi connectivity index (χ0v) is 14.9. The van der Waals surface area contributed by atoms with E-state index in [0.29, 0.717) is 6.42 Å². The van der Waals surface area contributed by atoms with E-state index in [-0.39, 0.29) is 11.0 Å². The van der Waals surface area contributed by atoms with Crippen LogP contribution >= 0.6 is 0 Å². The molecule has 1 aliphatic carbocycles. The molecule has 136 valence electrons. The summed E-state index contributed by atoms with van der Waals surface area (Å²) in [4.78, 5) is 18.7. The molecule has 0 bridgehead atoms. The van der Waals surface area contributed by atoms with Gasteiger partial charge in [0.05, 0.1) is 29.2 Å². The van der Waals surface area contributed by atoms with Crippen LogP contribution in [0.4, 0.5) is 0 Å². The van der Waals surface area contributed by atoms with Gasteiger partial charge in [-0.05, 0) is 57.0 Å². The Balaban J connectivity index is 1.72. The first kappa shape index (κ1) is 17.0. The van der Waals surface area contributed by atoms with Crippen molar-refractivity contribution in [3.8, 4) is 6.07 Å². The monoisotopic (exact) mass is 352 g/mol. The predicted octanol–water partition coefficient (Wildman–Crippen LogP) is 3.41. The number of rotatable bonds is 6. The van der Waals surface area contributed by atoms with Crippen molar-refractivity contribution in [2.45, 2.75) is 51.6 Å². The quantitative estimate of drug-likeness (QED) is 0.861. The Morgan fingerprint density at radius 1 is 1.27 bits per heavy atom. The molecular weight excluding hydrogens is 328 g/mol. The van der Waals surface area contributed by atoms with Gasteiger partial charge < -0.3 is 9.67 Å². The second-order valence-electron chi connectivity index (χ2n) is 7.79. The van der Waals surface area contributed by atoms with E-state index < -0.39 is 5.97 Å². The van der Waals surface area contributed by atoms with Crippen molar-refractivity contribution < 1.29 is 9.90 Å². The van der Waals surface area contributed by atoms with Crippen LogP contribution in [0.5, 0.6) is 0 Å². The van der Waals surface area contributed by atoms with E-state index in [2.05, 4.69) is 15.5 Å². The van der Waals surface area contributed by atoms with Crippen LogP contribution in [0.1, 0.15) is 54.7 Å². The summed E-state index contributed by atoms with van der Waals surface area (Å²) in [5.41, 5.74) is 2.04. The van der Waals surface area contributed by atoms with Crippen molar-refractivity contribution in [1.82, 2.24) is 14.5 Å². The molecule has 4 rings (SSSR count). The number of aromatic carboxylic acids is 1. The highest BCUT2D eigenvalue weighted by atomic mass is 16.4. The molecule has 1 aliphatic heterocycles. The lowest BCUT2D eigenvalue weighted by Gasteiger charge is -2.26. The summed E-state index contributed by atoms with van der Waals surface area (Å²) in [5, 5.41) is 18.5. The highest BCUT2D eigenvalue weighted by molar-refractivity contribution is 5.92. The number of hydrogen-bond acceptors (Lipinski definition) is 4. The topological polar surface area (TPSA) is 82.2 Å². The van der Waals surface area contributed by atoms with E-state index in [4.69, 9.17) is 4.98 Å². The van der Waals surface area contributed by atoms with Crippen LogP contribution in [0.25, 0.3) is 11.0 Å². The molecule has 1 aromatic carbocycles. The average molecular weight is 352 g/mol. The smallest absolute Gasteiger partial charge is 0.335 e. The molecule has 2 fully saturated rings. The summed E-state index contributed by atoms with van der Waals surface area (Å²) in [6.45, 7) is 3.73. The summed E-state index contributed by atoms with van der Waals surface area (Å²) >= 11 is 0. The zero-order valence-electron chi connectivity index (χ0n) is 14.9. The zero-order chi connectivity index (χ0) is 18.1. The number of piperidine rings is 1. The number of nitriles is 1. The number of fused-ring (bicyclic) bond motifs is 1. The summed E-state index contributed by atoms with van der Waals surface area (Å²) in [6, 6.07) is 7.48. The molecule has 2 aromatic rings. The van der Waals surface area contributed by atoms with E-state index in [9.17, 15) is 15.2 Å². The second-order valence-corrected chi connectivity index (χ2v) is 7.79. The number of carboxylic acid groups (broad SMARTS) is 1. The minimum absolute atomic E-state index is 0.0399. The van der Waals surface area contributed by atoms with Gasteiger partial charge in [0.1, 0.15) is 5.82 Å². The Kier molecular flexibility index (Phi) is 4.41. The number of aromatic nitrogens is 2. The van der Waals surface area contributed by atoms with Crippen LogP contribution in [-0.4, -0.2) is 38.6 Å². The van der Waals surface area contributed by atoms with E-state index in [1.54, 1.807) is 18.2 Å². The largest absolute Gasteiger partial charge is 0.478 e. The summed E-state index contributed by atoms with van der Waals surface area (Å²) in [7, 11) is 0. The van der Waals surface area contributed by atoms with Crippen molar-refractivity contribution in [2.24, 2.45) is 5.41 Å². The van der Waals surface area contributed by atoms with Crippen LogP contribution in [0.2, 0.25) is 0 Å². The van der Waals surface area contributed by atoms with Gasteiger partial charge in [-0.1, -0.05) is 6.42 Å². The van der Waals surface area contributed by atoms with E-state index in [0.717, 1.165) is 55.9 Å². The molecule has 0 atom stereocenters. The van der Waals surface area contributed by atoms with Gasteiger partial charge in [0.15, 0.2) is 0 Å². The second kappa shape index (κ2) is 6.73. The van der Waals surface area contributed by atoms with Gasteiger partial charge in [0.2, 0.25) is 0 Å². The minimum Gasteiger partial charge on any atom is -0.478 e. The number of carbonyl (C=O) groups is 1.